The molecule has 6 nitrogen and oxygen atoms in total. The molecule has 1 aromatic rings. The molecule has 24 heavy (non-hydrogen) atoms. The van der Waals surface area contributed by atoms with Gasteiger partial charge in [0, 0.05) is 31.4 Å². The summed E-state index contributed by atoms with van der Waals surface area (Å²) in [5.41, 5.74) is 1.16. The van der Waals surface area contributed by atoms with E-state index in [9.17, 15) is 8.42 Å². The van der Waals surface area contributed by atoms with Crippen molar-refractivity contribution in [3.05, 3.63) is 34.9 Å². The second kappa shape index (κ2) is 12.7. The first kappa shape index (κ1) is 23.4. The van der Waals surface area contributed by atoms with Crippen LogP contribution in [0.4, 0.5) is 0 Å². The second-order valence-corrected chi connectivity index (χ2v) is 7.74. The van der Waals surface area contributed by atoms with Gasteiger partial charge in [0.1, 0.15) is 9.84 Å². The lowest BCUT2D eigenvalue weighted by molar-refractivity contribution is 0.154. The van der Waals surface area contributed by atoms with Crippen LogP contribution in [-0.2, 0) is 21.0 Å². The van der Waals surface area contributed by atoms with Crippen molar-refractivity contribution in [1.82, 2.24) is 10.6 Å². The van der Waals surface area contributed by atoms with Gasteiger partial charge < -0.3 is 15.4 Å². The fraction of sp³-hybridized carbons (Fsp3) is 0.533. The Bertz CT molecular complexity index is 612. The molecule has 9 heteroatoms. The second-order valence-electron chi connectivity index (χ2n) is 5.05. The van der Waals surface area contributed by atoms with Crippen LogP contribution in [0.15, 0.2) is 29.3 Å². The number of rotatable bonds is 9. The van der Waals surface area contributed by atoms with Crippen molar-refractivity contribution in [3.63, 3.8) is 0 Å². The summed E-state index contributed by atoms with van der Waals surface area (Å²) in [6, 6.07) is 7.75. The number of nitrogens with zero attached hydrogens (tertiary/aromatic N) is 1. The van der Waals surface area contributed by atoms with Crippen LogP contribution in [0.1, 0.15) is 5.56 Å². The predicted octanol–water partition coefficient (Wildman–Crippen LogP) is 1.73. The molecule has 0 amide bonds. The molecule has 1 aromatic carbocycles. The molecule has 0 bridgehead atoms. The van der Waals surface area contributed by atoms with E-state index in [1.807, 2.05) is 24.3 Å². The summed E-state index contributed by atoms with van der Waals surface area (Å²) in [7, 11) is -1.27. The minimum atomic E-state index is -2.96. The number of benzene rings is 1. The van der Waals surface area contributed by atoms with Crippen molar-refractivity contribution < 1.29 is 13.2 Å². The highest BCUT2D eigenvalue weighted by Crippen LogP contribution is 2.10. The predicted molar refractivity (Wildman–Crippen MR) is 110 cm³/mol. The van der Waals surface area contributed by atoms with Crippen molar-refractivity contribution >= 4 is 51.4 Å². The van der Waals surface area contributed by atoms with E-state index in [1.165, 1.54) is 6.26 Å². The van der Waals surface area contributed by atoms with E-state index < -0.39 is 9.84 Å². The first-order chi connectivity index (χ1) is 10.9. The van der Waals surface area contributed by atoms with Gasteiger partial charge >= 0.3 is 0 Å². The average Bonchev–Trinajstić information content (AvgIpc) is 2.48. The highest BCUT2D eigenvalue weighted by atomic mass is 127. The lowest BCUT2D eigenvalue weighted by Gasteiger charge is -2.12. The smallest absolute Gasteiger partial charge is 0.191 e. The highest BCUT2D eigenvalue weighted by molar-refractivity contribution is 14.0. The van der Waals surface area contributed by atoms with Gasteiger partial charge in [0.2, 0.25) is 0 Å². The molecule has 0 saturated heterocycles. The third kappa shape index (κ3) is 11.9. The Morgan fingerprint density at radius 1 is 1.25 bits per heavy atom. The van der Waals surface area contributed by atoms with E-state index in [-0.39, 0.29) is 36.3 Å². The summed E-state index contributed by atoms with van der Waals surface area (Å²) in [4.78, 5) is 4.11. The lowest BCUT2D eigenvalue weighted by Crippen LogP contribution is -2.39. The summed E-state index contributed by atoms with van der Waals surface area (Å²) >= 11 is 5.94. The van der Waals surface area contributed by atoms with Crippen LogP contribution in [0.25, 0.3) is 0 Å². The van der Waals surface area contributed by atoms with Gasteiger partial charge in [-0.15, -0.1) is 24.0 Å². The number of sulfone groups is 1. The SMILES string of the molecule is CN=C(NCCOCCS(C)(=O)=O)NCCc1cccc(Cl)c1.I. The van der Waals surface area contributed by atoms with Crippen LogP contribution in [0.2, 0.25) is 5.02 Å². The standard InChI is InChI=1S/C15H24ClN3O3S.HI/c1-17-15(19-8-9-22-10-11-23(2,20)21)18-7-6-13-4-3-5-14(16)12-13;/h3-5,12H,6-11H2,1-2H3,(H2,17,18,19);1H. The Morgan fingerprint density at radius 3 is 2.58 bits per heavy atom. The summed E-state index contributed by atoms with van der Waals surface area (Å²) < 4.78 is 27.1. The van der Waals surface area contributed by atoms with Gasteiger partial charge in [-0.05, 0) is 24.1 Å². The topological polar surface area (TPSA) is 79.8 Å². The summed E-state index contributed by atoms with van der Waals surface area (Å²) in [5.74, 6) is 0.721. The maximum absolute atomic E-state index is 10.9. The Balaban J connectivity index is 0.00000529. The molecule has 0 radical (unpaired) electrons. The van der Waals surface area contributed by atoms with Crippen LogP contribution in [0, 0.1) is 0 Å². The van der Waals surface area contributed by atoms with E-state index >= 15 is 0 Å². The number of hydrogen-bond acceptors (Lipinski definition) is 4. The monoisotopic (exact) mass is 489 g/mol. The van der Waals surface area contributed by atoms with Crippen LogP contribution >= 0.6 is 35.6 Å². The summed E-state index contributed by atoms with van der Waals surface area (Å²) in [6.45, 7) is 1.92. The van der Waals surface area contributed by atoms with Crippen molar-refractivity contribution in [3.8, 4) is 0 Å². The minimum absolute atomic E-state index is 0. The van der Waals surface area contributed by atoms with Gasteiger partial charge in [0.25, 0.3) is 0 Å². The molecule has 0 aliphatic carbocycles. The summed E-state index contributed by atoms with van der Waals surface area (Å²) in [6.07, 6.45) is 2.03. The normalized spacial score (nSPS) is 11.7. The van der Waals surface area contributed by atoms with Crippen molar-refractivity contribution in [2.24, 2.45) is 4.99 Å². The number of hydrogen-bond donors (Lipinski definition) is 2. The zero-order chi connectivity index (χ0) is 17.1. The Labute approximate surface area is 166 Å². The van der Waals surface area contributed by atoms with E-state index in [0.717, 1.165) is 23.6 Å². The molecule has 0 aliphatic heterocycles. The number of aliphatic imine (C=N–C) groups is 1. The zero-order valence-corrected chi connectivity index (χ0v) is 17.8. The van der Waals surface area contributed by atoms with Gasteiger partial charge in [-0.2, -0.15) is 0 Å². The molecule has 1 rings (SSSR count). The average molecular weight is 490 g/mol. The van der Waals surface area contributed by atoms with E-state index in [2.05, 4.69) is 15.6 Å². The van der Waals surface area contributed by atoms with Gasteiger partial charge in [-0.3, -0.25) is 4.99 Å². The van der Waals surface area contributed by atoms with Crippen LogP contribution < -0.4 is 10.6 Å². The fourth-order valence-corrected chi connectivity index (χ4v) is 2.43. The number of ether oxygens (including phenoxy) is 1. The number of nitrogens with one attached hydrogen (secondary N) is 2. The third-order valence-corrected chi connectivity index (χ3v) is 4.10. The molecule has 138 valence electrons. The number of halogens is 2. The van der Waals surface area contributed by atoms with Crippen LogP contribution in [0.3, 0.4) is 0 Å². The Morgan fingerprint density at radius 2 is 1.96 bits per heavy atom. The van der Waals surface area contributed by atoms with E-state index in [1.54, 1.807) is 7.05 Å². The fourth-order valence-electron chi connectivity index (χ4n) is 1.79. The molecule has 0 heterocycles. The maximum Gasteiger partial charge on any atom is 0.191 e. The van der Waals surface area contributed by atoms with E-state index in [4.69, 9.17) is 16.3 Å². The Kier molecular flexibility index (Phi) is 12.4. The third-order valence-electron chi connectivity index (χ3n) is 2.96. The molecule has 0 atom stereocenters. The first-order valence-corrected chi connectivity index (χ1v) is 9.79. The van der Waals surface area contributed by atoms with Gasteiger partial charge in [-0.1, -0.05) is 23.7 Å². The van der Waals surface area contributed by atoms with Crippen LogP contribution in [-0.4, -0.2) is 59.7 Å². The molecule has 2 N–H and O–H groups in total. The molecule has 0 aliphatic rings. The van der Waals surface area contributed by atoms with Gasteiger partial charge in [0.05, 0.1) is 19.0 Å². The molecule has 0 aromatic heterocycles. The lowest BCUT2D eigenvalue weighted by atomic mass is 10.1. The largest absolute Gasteiger partial charge is 0.379 e. The maximum atomic E-state index is 10.9. The minimum Gasteiger partial charge on any atom is -0.379 e. The zero-order valence-electron chi connectivity index (χ0n) is 13.9. The molecule has 0 fully saturated rings. The van der Waals surface area contributed by atoms with Crippen molar-refractivity contribution in [2.75, 3.05) is 45.4 Å². The van der Waals surface area contributed by atoms with Crippen LogP contribution in [0.5, 0.6) is 0 Å². The van der Waals surface area contributed by atoms with E-state index in [0.29, 0.717) is 19.1 Å². The van der Waals surface area contributed by atoms with Gasteiger partial charge in [0.15, 0.2) is 5.96 Å². The molecule has 0 unspecified atom stereocenters. The molecular weight excluding hydrogens is 465 g/mol. The quantitative estimate of drug-likeness (QED) is 0.239. The van der Waals surface area contributed by atoms with Crippen molar-refractivity contribution in [1.29, 1.82) is 0 Å². The highest BCUT2D eigenvalue weighted by Gasteiger charge is 2.02. The molecule has 0 spiro atoms. The summed E-state index contributed by atoms with van der Waals surface area (Å²) in [5, 5.41) is 7.03. The molecular formula is C15H25ClIN3O3S. The number of guanidine groups is 1. The Hall–Kier alpha value is -0.580. The first-order valence-electron chi connectivity index (χ1n) is 7.35. The molecule has 0 saturated carbocycles. The van der Waals surface area contributed by atoms with Gasteiger partial charge in [-0.25, -0.2) is 8.42 Å². The van der Waals surface area contributed by atoms with Crippen molar-refractivity contribution in [2.45, 2.75) is 6.42 Å².